The van der Waals surface area contributed by atoms with Crippen LogP contribution in [0.3, 0.4) is 0 Å². The van der Waals surface area contributed by atoms with Crippen LogP contribution in [0.4, 0.5) is 5.95 Å². The number of ether oxygens (including phenoxy) is 3. The van der Waals surface area contributed by atoms with E-state index in [1.54, 1.807) is 39.8 Å². The lowest BCUT2D eigenvalue weighted by Gasteiger charge is -2.26. The van der Waals surface area contributed by atoms with Gasteiger partial charge in [0.15, 0.2) is 22.5 Å². The molecule has 1 atom stereocenters. The molecular weight excluding hydrogens is 468 g/mol. The number of methoxy groups -OCH3 is 3. The van der Waals surface area contributed by atoms with E-state index < -0.39 is 5.25 Å². The second-order valence-corrected chi connectivity index (χ2v) is 9.51. The van der Waals surface area contributed by atoms with Crippen LogP contribution < -0.4 is 19.5 Å². The van der Waals surface area contributed by atoms with Crippen molar-refractivity contribution in [2.45, 2.75) is 55.5 Å². The summed E-state index contributed by atoms with van der Waals surface area (Å²) >= 11 is 1.37. The molecule has 4 rings (SSSR count). The van der Waals surface area contributed by atoms with Crippen LogP contribution in [0.2, 0.25) is 0 Å². The molecule has 1 saturated carbocycles. The van der Waals surface area contributed by atoms with Crippen molar-refractivity contribution in [2.75, 3.05) is 26.6 Å². The highest BCUT2D eigenvalue weighted by atomic mass is 32.2. The maximum Gasteiger partial charge on any atom is 0.240 e. The highest BCUT2D eigenvalue weighted by Crippen LogP contribution is 2.43. The zero-order chi connectivity index (χ0) is 24.8. The third-order valence-corrected chi connectivity index (χ3v) is 7.04. The summed E-state index contributed by atoms with van der Waals surface area (Å²) in [7, 11) is 4.75. The van der Waals surface area contributed by atoms with Gasteiger partial charge in [-0.05, 0) is 38.0 Å². The second kappa shape index (κ2) is 11.4. The number of carbonyl (C=O) groups is 1. The van der Waals surface area contributed by atoms with Crippen LogP contribution >= 0.6 is 11.8 Å². The fourth-order valence-electron chi connectivity index (χ4n) is 4.22. The zero-order valence-electron chi connectivity index (χ0n) is 20.4. The smallest absolute Gasteiger partial charge is 0.240 e. The average molecular weight is 499 g/mol. The first-order valence-electron chi connectivity index (χ1n) is 11.6. The Kier molecular flexibility index (Phi) is 8.06. The topological polar surface area (TPSA) is 113 Å². The molecule has 186 valence electrons. The van der Waals surface area contributed by atoms with Gasteiger partial charge in [0.1, 0.15) is 0 Å². The van der Waals surface area contributed by atoms with Crippen molar-refractivity contribution in [3.05, 3.63) is 30.6 Å². The minimum absolute atomic E-state index is 0.200. The molecule has 1 aliphatic carbocycles. The van der Waals surface area contributed by atoms with Crippen molar-refractivity contribution in [3.8, 4) is 28.6 Å². The number of nitrogens with zero attached hydrogens (tertiary/aromatic N) is 5. The van der Waals surface area contributed by atoms with Crippen molar-refractivity contribution >= 4 is 23.6 Å². The Labute approximate surface area is 208 Å². The van der Waals surface area contributed by atoms with Crippen LogP contribution in [0.1, 0.15) is 45.1 Å². The van der Waals surface area contributed by atoms with E-state index in [4.69, 9.17) is 14.2 Å². The van der Waals surface area contributed by atoms with Gasteiger partial charge in [0.2, 0.25) is 17.6 Å². The number of thioether (sulfide) groups is 1. The van der Waals surface area contributed by atoms with Gasteiger partial charge in [0, 0.05) is 24.0 Å². The van der Waals surface area contributed by atoms with Gasteiger partial charge in [-0.25, -0.2) is 9.97 Å². The van der Waals surface area contributed by atoms with Crippen molar-refractivity contribution in [1.29, 1.82) is 0 Å². The molecule has 3 aromatic rings. The van der Waals surface area contributed by atoms with Crippen molar-refractivity contribution in [2.24, 2.45) is 0 Å². The van der Waals surface area contributed by atoms with E-state index in [-0.39, 0.29) is 17.9 Å². The highest BCUT2D eigenvalue weighted by molar-refractivity contribution is 8.00. The van der Waals surface area contributed by atoms with Gasteiger partial charge in [-0.15, -0.1) is 10.2 Å². The summed E-state index contributed by atoms with van der Waals surface area (Å²) < 4.78 is 18.7. The van der Waals surface area contributed by atoms with E-state index in [1.807, 2.05) is 19.1 Å². The monoisotopic (exact) mass is 498 g/mol. The number of hydrogen-bond acceptors (Lipinski definition) is 9. The molecule has 0 saturated heterocycles. The SMILES string of the molecule is COc1cc(-c2nnc(SC(C)C(=O)Nc3ncccn3)n2C2CCCCC2)cc(OC)c1OC. The summed E-state index contributed by atoms with van der Waals surface area (Å²) in [5, 5.41) is 12.1. The van der Waals surface area contributed by atoms with Crippen molar-refractivity contribution in [1.82, 2.24) is 24.7 Å². The van der Waals surface area contributed by atoms with Crippen LogP contribution in [0.5, 0.6) is 17.2 Å². The summed E-state index contributed by atoms with van der Waals surface area (Å²) in [5.41, 5.74) is 0.805. The Morgan fingerprint density at radius 2 is 1.69 bits per heavy atom. The van der Waals surface area contributed by atoms with E-state index in [9.17, 15) is 4.79 Å². The van der Waals surface area contributed by atoms with Gasteiger partial charge < -0.3 is 14.2 Å². The van der Waals surface area contributed by atoms with E-state index in [2.05, 4.69) is 30.0 Å². The van der Waals surface area contributed by atoms with Gasteiger partial charge in [-0.1, -0.05) is 31.0 Å². The Bertz CT molecular complexity index is 1130. The second-order valence-electron chi connectivity index (χ2n) is 8.20. The molecule has 10 nitrogen and oxygen atoms in total. The van der Waals surface area contributed by atoms with Crippen molar-refractivity contribution < 1.29 is 19.0 Å². The van der Waals surface area contributed by atoms with Gasteiger partial charge in [0.05, 0.1) is 26.6 Å². The number of benzene rings is 1. The van der Waals surface area contributed by atoms with Gasteiger partial charge in [-0.2, -0.15) is 0 Å². The van der Waals surface area contributed by atoms with Crippen LogP contribution in [0, 0.1) is 0 Å². The number of nitrogens with one attached hydrogen (secondary N) is 1. The van der Waals surface area contributed by atoms with E-state index in [0.29, 0.717) is 28.2 Å². The van der Waals surface area contributed by atoms with Crippen molar-refractivity contribution in [3.63, 3.8) is 0 Å². The third-order valence-electron chi connectivity index (χ3n) is 5.98. The quantitative estimate of drug-likeness (QED) is 0.429. The maximum absolute atomic E-state index is 12.8. The van der Waals surface area contributed by atoms with Gasteiger partial charge in [0.25, 0.3) is 0 Å². The van der Waals surface area contributed by atoms with Crippen LogP contribution in [0.25, 0.3) is 11.4 Å². The molecule has 1 aromatic carbocycles. The Morgan fingerprint density at radius 3 is 2.29 bits per heavy atom. The fourth-order valence-corrected chi connectivity index (χ4v) is 5.14. The minimum Gasteiger partial charge on any atom is -0.493 e. The van der Waals surface area contributed by atoms with Crippen LogP contribution in [0.15, 0.2) is 35.7 Å². The lowest BCUT2D eigenvalue weighted by molar-refractivity contribution is -0.115. The standard InChI is InChI=1S/C24H30N6O4S/c1-15(22(31)27-23-25-11-8-12-26-23)35-24-29-28-21(30(24)17-9-6-5-7-10-17)16-13-18(32-2)20(34-4)19(14-16)33-3/h8,11-15,17H,5-7,9-10H2,1-4H3,(H,25,26,27,31). The Balaban J connectivity index is 1.68. The van der Waals surface area contributed by atoms with E-state index in [0.717, 1.165) is 31.2 Å². The molecule has 1 amide bonds. The number of rotatable bonds is 9. The molecule has 1 aliphatic rings. The molecule has 0 radical (unpaired) electrons. The first-order chi connectivity index (χ1) is 17.0. The highest BCUT2D eigenvalue weighted by Gasteiger charge is 2.28. The molecule has 1 fully saturated rings. The number of amides is 1. The summed E-state index contributed by atoms with van der Waals surface area (Å²) in [4.78, 5) is 20.9. The fraction of sp³-hybridized carbons (Fsp3) is 0.458. The molecule has 2 aromatic heterocycles. The predicted octanol–water partition coefficient (Wildman–Crippen LogP) is 4.39. The third kappa shape index (κ3) is 5.50. The average Bonchev–Trinajstić information content (AvgIpc) is 3.32. The predicted molar refractivity (Wildman–Crippen MR) is 133 cm³/mol. The lowest BCUT2D eigenvalue weighted by Crippen LogP contribution is -2.24. The minimum atomic E-state index is -0.432. The summed E-state index contributed by atoms with van der Waals surface area (Å²) in [5.74, 6) is 2.39. The molecule has 0 spiro atoms. The molecule has 0 bridgehead atoms. The molecule has 1 unspecified atom stereocenters. The molecule has 0 aliphatic heterocycles. The normalized spacial score (nSPS) is 14.9. The lowest BCUT2D eigenvalue weighted by atomic mass is 9.95. The number of carbonyl (C=O) groups excluding carboxylic acids is 1. The maximum atomic E-state index is 12.8. The van der Waals surface area contributed by atoms with Crippen LogP contribution in [-0.4, -0.2) is 57.2 Å². The van der Waals surface area contributed by atoms with Gasteiger partial charge in [-0.3, -0.25) is 14.7 Å². The molecular formula is C24H30N6O4S. The van der Waals surface area contributed by atoms with Crippen LogP contribution in [-0.2, 0) is 4.79 Å². The molecule has 35 heavy (non-hydrogen) atoms. The first kappa shape index (κ1) is 24.8. The molecule has 1 N–H and O–H groups in total. The van der Waals surface area contributed by atoms with E-state index >= 15 is 0 Å². The summed E-state index contributed by atoms with van der Waals surface area (Å²) in [6, 6.07) is 5.69. The molecule has 2 heterocycles. The number of aromatic nitrogens is 5. The summed E-state index contributed by atoms with van der Waals surface area (Å²) in [6.07, 6.45) is 8.74. The first-order valence-corrected chi connectivity index (χ1v) is 12.4. The van der Waals surface area contributed by atoms with E-state index in [1.165, 1.54) is 18.2 Å². The van der Waals surface area contributed by atoms with Gasteiger partial charge >= 0.3 is 0 Å². The Hall–Kier alpha value is -3.34. The number of hydrogen-bond donors (Lipinski definition) is 1. The molecule has 11 heteroatoms. The zero-order valence-corrected chi connectivity index (χ0v) is 21.2. The largest absolute Gasteiger partial charge is 0.493 e. The summed E-state index contributed by atoms with van der Waals surface area (Å²) in [6.45, 7) is 1.84. The number of anilines is 1. The Morgan fingerprint density at radius 1 is 1.03 bits per heavy atom.